The van der Waals surface area contributed by atoms with Gasteiger partial charge in [0, 0.05) is 6.04 Å². The molecule has 1 N–H and O–H groups in total. The van der Waals surface area contributed by atoms with Crippen molar-refractivity contribution in [2.45, 2.75) is 39.2 Å². The summed E-state index contributed by atoms with van der Waals surface area (Å²) in [5.74, 6) is -1.19. The van der Waals surface area contributed by atoms with Crippen molar-refractivity contribution in [2.24, 2.45) is 11.3 Å². The highest BCUT2D eigenvalue weighted by molar-refractivity contribution is 5.71. The zero-order valence-corrected chi connectivity index (χ0v) is 12.1. The minimum Gasteiger partial charge on any atom is -0.481 e. The molecule has 5 nitrogen and oxygen atoms in total. The average Bonchev–Trinajstić information content (AvgIpc) is 2.83. The number of unbranched alkanes of at least 4 members (excludes halogenated alkanes) is 1. The molecular formula is C14H24N2O3. The fraction of sp³-hybridized carbons (Fsp3) is 0.857. The molecule has 2 unspecified atom stereocenters. The van der Waals surface area contributed by atoms with Crippen LogP contribution in [0.2, 0.25) is 0 Å². The van der Waals surface area contributed by atoms with Gasteiger partial charge in [0.1, 0.15) is 0 Å². The number of nitriles is 1. The lowest BCUT2D eigenvalue weighted by Crippen LogP contribution is -2.41. The third-order valence-corrected chi connectivity index (χ3v) is 3.80. The highest BCUT2D eigenvalue weighted by Gasteiger charge is 2.36. The summed E-state index contributed by atoms with van der Waals surface area (Å²) in [5.41, 5.74) is -0.265. The number of carbonyl (C=O) groups is 1. The van der Waals surface area contributed by atoms with Gasteiger partial charge in [0.05, 0.1) is 30.6 Å². The molecule has 0 radical (unpaired) electrons. The molecule has 1 fully saturated rings. The maximum absolute atomic E-state index is 11.1. The molecule has 0 aromatic carbocycles. The predicted octanol–water partition coefficient (Wildman–Crippen LogP) is 1.74. The van der Waals surface area contributed by atoms with Gasteiger partial charge in [0.15, 0.2) is 0 Å². The van der Waals surface area contributed by atoms with Gasteiger partial charge in [-0.15, -0.1) is 0 Å². The third kappa shape index (κ3) is 4.81. The molecule has 1 rings (SSSR count). The first-order valence-electron chi connectivity index (χ1n) is 6.79. The van der Waals surface area contributed by atoms with Crippen molar-refractivity contribution < 1.29 is 14.6 Å². The van der Waals surface area contributed by atoms with Gasteiger partial charge in [-0.05, 0) is 40.3 Å². The largest absolute Gasteiger partial charge is 0.481 e. The molecule has 0 aromatic rings. The zero-order chi connectivity index (χ0) is 14.5. The van der Waals surface area contributed by atoms with Crippen molar-refractivity contribution in [1.29, 1.82) is 5.26 Å². The lowest BCUT2D eigenvalue weighted by molar-refractivity contribution is -0.143. The van der Waals surface area contributed by atoms with E-state index in [-0.39, 0.29) is 11.5 Å². The standard InChI is InChI=1S/C14H24N2O3/c1-14(2,10-15)6-4-5-7-16(3)12-9-19-8-11(12)13(17)18/h11-12H,4-9H2,1-3H3,(H,17,18). The van der Waals surface area contributed by atoms with Crippen LogP contribution in [0.4, 0.5) is 0 Å². The number of carboxylic acids is 1. The first-order chi connectivity index (χ1) is 8.87. The molecule has 1 heterocycles. The lowest BCUT2D eigenvalue weighted by Gasteiger charge is -2.26. The van der Waals surface area contributed by atoms with E-state index in [4.69, 9.17) is 15.1 Å². The molecule has 0 amide bonds. The molecule has 5 heteroatoms. The minimum atomic E-state index is -0.778. The Hall–Kier alpha value is -1.12. The number of aliphatic carboxylic acids is 1. The van der Waals surface area contributed by atoms with Crippen molar-refractivity contribution >= 4 is 5.97 Å². The van der Waals surface area contributed by atoms with E-state index in [1.165, 1.54) is 0 Å². The summed E-state index contributed by atoms with van der Waals surface area (Å²) in [4.78, 5) is 13.1. The van der Waals surface area contributed by atoms with Gasteiger partial charge < -0.3 is 14.7 Å². The maximum atomic E-state index is 11.1. The second-order valence-electron chi connectivity index (χ2n) is 5.98. The summed E-state index contributed by atoms with van der Waals surface area (Å²) in [6, 6.07) is 2.27. The maximum Gasteiger partial charge on any atom is 0.310 e. The van der Waals surface area contributed by atoms with E-state index >= 15 is 0 Å². The number of hydrogen-bond acceptors (Lipinski definition) is 4. The summed E-state index contributed by atoms with van der Waals surface area (Å²) in [5, 5.41) is 18.0. The summed E-state index contributed by atoms with van der Waals surface area (Å²) in [7, 11) is 1.95. The number of nitrogens with zero attached hydrogens (tertiary/aromatic N) is 2. The van der Waals surface area contributed by atoms with Gasteiger partial charge in [-0.2, -0.15) is 5.26 Å². The zero-order valence-electron chi connectivity index (χ0n) is 12.1. The Kier molecular flexibility index (Phi) is 5.77. The van der Waals surface area contributed by atoms with Gasteiger partial charge in [-0.1, -0.05) is 6.42 Å². The van der Waals surface area contributed by atoms with Crippen LogP contribution >= 0.6 is 0 Å². The Morgan fingerprint density at radius 1 is 1.47 bits per heavy atom. The molecule has 108 valence electrons. The number of ether oxygens (including phenoxy) is 1. The monoisotopic (exact) mass is 268 g/mol. The van der Waals surface area contributed by atoms with E-state index in [1.807, 2.05) is 20.9 Å². The van der Waals surface area contributed by atoms with Gasteiger partial charge in [-0.25, -0.2) is 0 Å². The lowest BCUT2D eigenvalue weighted by atomic mass is 9.89. The fourth-order valence-electron chi connectivity index (χ4n) is 2.36. The van der Waals surface area contributed by atoms with E-state index in [9.17, 15) is 4.79 Å². The van der Waals surface area contributed by atoms with E-state index < -0.39 is 11.9 Å². The molecule has 0 saturated carbocycles. The van der Waals surface area contributed by atoms with Crippen LogP contribution in [0.1, 0.15) is 33.1 Å². The smallest absolute Gasteiger partial charge is 0.310 e. The van der Waals surface area contributed by atoms with Crippen LogP contribution in [0.25, 0.3) is 0 Å². The van der Waals surface area contributed by atoms with Crippen LogP contribution in [0, 0.1) is 22.7 Å². The van der Waals surface area contributed by atoms with E-state index in [2.05, 4.69) is 11.0 Å². The predicted molar refractivity (Wildman–Crippen MR) is 71.6 cm³/mol. The first kappa shape index (κ1) is 15.9. The molecule has 0 spiro atoms. The Morgan fingerprint density at radius 3 is 2.74 bits per heavy atom. The molecule has 1 aliphatic rings. The van der Waals surface area contributed by atoms with Crippen LogP contribution in [-0.4, -0.2) is 48.8 Å². The van der Waals surface area contributed by atoms with Crippen LogP contribution in [0.15, 0.2) is 0 Å². The summed E-state index contributed by atoms with van der Waals surface area (Å²) in [6.45, 7) is 5.55. The second-order valence-corrected chi connectivity index (χ2v) is 5.98. The van der Waals surface area contributed by atoms with Crippen LogP contribution in [0.3, 0.4) is 0 Å². The molecular weight excluding hydrogens is 244 g/mol. The van der Waals surface area contributed by atoms with Crippen LogP contribution in [0.5, 0.6) is 0 Å². The molecule has 1 aliphatic heterocycles. The summed E-state index contributed by atoms with van der Waals surface area (Å²) < 4.78 is 5.26. The highest BCUT2D eigenvalue weighted by atomic mass is 16.5. The van der Waals surface area contributed by atoms with E-state index in [0.717, 1.165) is 25.8 Å². The normalized spacial score (nSPS) is 23.5. The molecule has 19 heavy (non-hydrogen) atoms. The Balaban J connectivity index is 2.30. The Labute approximate surface area is 115 Å². The molecule has 0 aliphatic carbocycles. The molecule has 0 aromatic heterocycles. The van der Waals surface area contributed by atoms with Gasteiger partial charge in [-0.3, -0.25) is 4.79 Å². The minimum absolute atomic E-state index is 0.0264. The van der Waals surface area contributed by atoms with Crippen LogP contribution < -0.4 is 0 Å². The fourth-order valence-corrected chi connectivity index (χ4v) is 2.36. The average molecular weight is 268 g/mol. The van der Waals surface area contributed by atoms with Crippen molar-refractivity contribution in [3.05, 3.63) is 0 Å². The van der Waals surface area contributed by atoms with Gasteiger partial charge >= 0.3 is 5.97 Å². The number of carboxylic acid groups (broad SMARTS) is 1. The second kappa shape index (κ2) is 6.88. The topological polar surface area (TPSA) is 73.6 Å². The Bertz CT molecular complexity index is 349. The highest BCUT2D eigenvalue weighted by Crippen LogP contribution is 2.23. The molecule has 1 saturated heterocycles. The number of hydrogen-bond donors (Lipinski definition) is 1. The summed E-state index contributed by atoms with van der Waals surface area (Å²) >= 11 is 0. The van der Waals surface area contributed by atoms with Crippen LogP contribution in [-0.2, 0) is 9.53 Å². The van der Waals surface area contributed by atoms with Crippen molar-refractivity contribution in [3.8, 4) is 6.07 Å². The SMILES string of the molecule is CN(CCCCC(C)(C)C#N)C1COCC1C(=O)O. The summed E-state index contributed by atoms with van der Waals surface area (Å²) in [6.07, 6.45) is 2.83. The van der Waals surface area contributed by atoms with Crippen molar-refractivity contribution in [2.75, 3.05) is 26.8 Å². The first-order valence-corrected chi connectivity index (χ1v) is 6.79. The third-order valence-electron chi connectivity index (χ3n) is 3.80. The quantitative estimate of drug-likeness (QED) is 0.712. The Morgan fingerprint density at radius 2 is 2.16 bits per heavy atom. The molecule has 0 bridgehead atoms. The van der Waals surface area contributed by atoms with Gasteiger partial charge in [0.2, 0.25) is 0 Å². The van der Waals surface area contributed by atoms with Gasteiger partial charge in [0.25, 0.3) is 0 Å². The number of likely N-dealkylation sites (N-methyl/N-ethyl adjacent to an activating group) is 1. The van der Waals surface area contributed by atoms with Crippen molar-refractivity contribution in [3.63, 3.8) is 0 Å². The van der Waals surface area contributed by atoms with E-state index in [1.54, 1.807) is 0 Å². The van der Waals surface area contributed by atoms with Crippen molar-refractivity contribution in [1.82, 2.24) is 4.90 Å². The number of rotatable bonds is 7. The molecule has 2 atom stereocenters. The van der Waals surface area contributed by atoms with E-state index in [0.29, 0.717) is 13.2 Å².